The number of hydrogen-bond acceptors (Lipinski definition) is 3. The number of carbonyl (C=O) groups excluding carboxylic acids is 1. The van der Waals surface area contributed by atoms with E-state index in [4.69, 9.17) is 11.6 Å². The van der Waals surface area contributed by atoms with Crippen molar-refractivity contribution < 1.29 is 4.79 Å². The fourth-order valence-corrected chi connectivity index (χ4v) is 1.78. The predicted molar refractivity (Wildman–Crippen MR) is 80.1 cm³/mol. The molecule has 0 saturated carbocycles. The molecule has 4 nitrogen and oxygen atoms in total. The first-order valence-corrected chi connectivity index (χ1v) is 6.60. The van der Waals surface area contributed by atoms with Gasteiger partial charge in [0.25, 0.3) is 5.91 Å². The number of halogens is 1. The standard InChI is InChI=1S/C15H14ClN3O/c1-2-11-6-7-14(17-9-11)15(20)19-18-10-12-4-3-5-13(16)8-12/h3-10H,2H2,1H3,(H,19,20)/b18-10+. The van der Waals surface area contributed by atoms with Crippen molar-refractivity contribution >= 4 is 23.7 Å². The highest BCUT2D eigenvalue weighted by Gasteiger charge is 2.04. The van der Waals surface area contributed by atoms with Gasteiger partial charge in [-0.1, -0.05) is 36.7 Å². The summed E-state index contributed by atoms with van der Waals surface area (Å²) in [4.78, 5) is 15.9. The molecular weight excluding hydrogens is 274 g/mol. The van der Waals surface area contributed by atoms with E-state index in [0.29, 0.717) is 10.7 Å². The van der Waals surface area contributed by atoms with Crippen molar-refractivity contribution in [2.24, 2.45) is 5.10 Å². The van der Waals surface area contributed by atoms with Gasteiger partial charge in [-0.05, 0) is 35.7 Å². The molecule has 1 aromatic carbocycles. The summed E-state index contributed by atoms with van der Waals surface area (Å²) in [5, 5.41) is 4.50. The van der Waals surface area contributed by atoms with Crippen LogP contribution in [0.15, 0.2) is 47.7 Å². The Labute approximate surface area is 122 Å². The van der Waals surface area contributed by atoms with E-state index in [1.165, 1.54) is 6.21 Å². The lowest BCUT2D eigenvalue weighted by molar-refractivity contribution is 0.0950. The molecule has 0 unspecified atom stereocenters. The van der Waals surface area contributed by atoms with E-state index in [9.17, 15) is 4.79 Å². The average molecular weight is 288 g/mol. The molecule has 20 heavy (non-hydrogen) atoms. The van der Waals surface area contributed by atoms with E-state index in [0.717, 1.165) is 17.5 Å². The molecule has 5 heteroatoms. The lowest BCUT2D eigenvalue weighted by atomic mass is 10.2. The summed E-state index contributed by atoms with van der Waals surface area (Å²) in [6.45, 7) is 2.03. The van der Waals surface area contributed by atoms with Gasteiger partial charge in [0.15, 0.2) is 0 Å². The quantitative estimate of drug-likeness (QED) is 0.694. The number of hydrazone groups is 1. The molecule has 0 spiro atoms. The Kier molecular flexibility index (Phi) is 4.85. The minimum atomic E-state index is -0.342. The summed E-state index contributed by atoms with van der Waals surface area (Å²) in [6, 6.07) is 10.8. The van der Waals surface area contributed by atoms with Gasteiger partial charge in [0.05, 0.1) is 6.21 Å². The molecule has 0 bridgehead atoms. The number of benzene rings is 1. The van der Waals surface area contributed by atoms with E-state index in [1.807, 2.05) is 25.1 Å². The summed E-state index contributed by atoms with van der Waals surface area (Å²) >= 11 is 5.85. The molecule has 0 radical (unpaired) electrons. The second kappa shape index (κ2) is 6.82. The Bertz CT molecular complexity index is 623. The minimum absolute atomic E-state index is 0.338. The average Bonchev–Trinajstić information content (AvgIpc) is 2.47. The van der Waals surface area contributed by atoms with Crippen LogP contribution in [-0.4, -0.2) is 17.1 Å². The molecule has 2 rings (SSSR count). The number of aryl methyl sites for hydroxylation is 1. The van der Waals surface area contributed by atoms with Crippen LogP contribution in [0.3, 0.4) is 0 Å². The zero-order valence-corrected chi connectivity index (χ0v) is 11.8. The largest absolute Gasteiger partial charge is 0.289 e. The highest BCUT2D eigenvalue weighted by molar-refractivity contribution is 6.30. The van der Waals surface area contributed by atoms with E-state index >= 15 is 0 Å². The number of rotatable bonds is 4. The molecule has 0 aliphatic heterocycles. The van der Waals surface area contributed by atoms with Crippen molar-refractivity contribution in [3.63, 3.8) is 0 Å². The van der Waals surface area contributed by atoms with Crippen molar-refractivity contribution in [3.8, 4) is 0 Å². The van der Waals surface area contributed by atoms with Crippen LogP contribution in [0.5, 0.6) is 0 Å². The van der Waals surface area contributed by atoms with Crippen LogP contribution in [0.4, 0.5) is 0 Å². The molecule has 1 amide bonds. The first-order valence-electron chi connectivity index (χ1n) is 6.23. The fraction of sp³-hybridized carbons (Fsp3) is 0.133. The monoisotopic (exact) mass is 287 g/mol. The third-order valence-corrected chi connectivity index (χ3v) is 2.93. The summed E-state index contributed by atoms with van der Waals surface area (Å²) in [6.07, 6.45) is 4.11. The summed E-state index contributed by atoms with van der Waals surface area (Å²) in [5.74, 6) is -0.342. The van der Waals surface area contributed by atoms with E-state index in [-0.39, 0.29) is 5.91 Å². The van der Waals surface area contributed by atoms with Crippen LogP contribution in [-0.2, 0) is 6.42 Å². The molecule has 1 heterocycles. The van der Waals surface area contributed by atoms with Gasteiger partial charge >= 0.3 is 0 Å². The fourth-order valence-electron chi connectivity index (χ4n) is 1.58. The topological polar surface area (TPSA) is 54.4 Å². The first kappa shape index (κ1) is 14.2. The molecule has 0 atom stereocenters. The third kappa shape index (κ3) is 3.90. The molecule has 0 aliphatic carbocycles. The predicted octanol–water partition coefficient (Wildman–Crippen LogP) is 3.06. The maximum Gasteiger partial charge on any atom is 0.289 e. The normalized spacial score (nSPS) is 10.7. The van der Waals surface area contributed by atoms with Gasteiger partial charge in [-0.2, -0.15) is 5.10 Å². The second-order valence-corrected chi connectivity index (χ2v) is 4.60. The summed E-state index contributed by atoms with van der Waals surface area (Å²) in [7, 11) is 0. The van der Waals surface area contributed by atoms with E-state index in [1.54, 1.807) is 24.4 Å². The SMILES string of the molecule is CCc1ccc(C(=O)N/N=C/c2cccc(Cl)c2)nc1. The number of aromatic nitrogens is 1. The van der Waals surface area contributed by atoms with Crippen molar-refractivity contribution in [2.75, 3.05) is 0 Å². The maximum absolute atomic E-state index is 11.8. The Morgan fingerprint density at radius 3 is 2.90 bits per heavy atom. The van der Waals surface area contributed by atoms with Gasteiger partial charge in [0.2, 0.25) is 0 Å². The van der Waals surface area contributed by atoms with Crippen LogP contribution in [0, 0.1) is 0 Å². The van der Waals surface area contributed by atoms with Crippen molar-refractivity contribution in [1.29, 1.82) is 0 Å². The molecule has 1 aromatic heterocycles. The smallest absolute Gasteiger partial charge is 0.266 e. The Balaban J connectivity index is 1.97. The zero-order valence-electron chi connectivity index (χ0n) is 11.0. The number of hydrogen-bond donors (Lipinski definition) is 1. The van der Waals surface area contributed by atoms with Gasteiger partial charge in [-0.3, -0.25) is 9.78 Å². The van der Waals surface area contributed by atoms with Crippen LogP contribution in [0.2, 0.25) is 5.02 Å². The first-order chi connectivity index (χ1) is 9.69. The van der Waals surface area contributed by atoms with Crippen LogP contribution in [0.1, 0.15) is 28.5 Å². The lowest BCUT2D eigenvalue weighted by Gasteiger charge is -2.00. The van der Waals surface area contributed by atoms with Gasteiger partial charge in [0, 0.05) is 11.2 Å². The van der Waals surface area contributed by atoms with Gasteiger partial charge in [-0.25, -0.2) is 5.43 Å². The Morgan fingerprint density at radius 2 is 2.25 bits per heavy atom. The summed E-state index contributed by atoms with van der Waals surface area (Å²) < 4.78 is 0. The van der Waals surface area contributed by atoms with E-state index < -0.39 is 0 Å². The van der Waals surface area contributed by atoms with Gasteiger partial charge in [0.1, 0.15) is 5.69 Å². The molecular formula is C15H14ClN3O. The third-order valence-electron chi connectivity index (χ3n) is 2.69. The van der Waals surface area contributed by atoms with Gasteiger partial charge < -0.3 is 0 Å². The van der Waals surface area contributed by atoms with Crippen molar-refractivity contribution in [3.05, 3.63) is 64.4 Å². The highest BCUT2D eigenvalue weighted by atomic mass is 35.5. The highest BCUT2D eigenvalue weighted by Crippen LogP contribution is 2.08. The lowest BCUT2D eigenvalue weighted by Crippen LogP contribution is -2.18. The maximum atomic E-state index is 11.8. The molecule has 1 N–H and O–H groups in total. The number of carbonyl (C=O) groups is 1. The van der Waals surface area contributed by atoms with E-state index in [2.05, 4.69) is 15.5 Å². The Morgan fingerprint density at radius 1 is 1.40 bits per heavy atom. The molecule has 0 fully saturated rings. The molecule has 102 valence electrons. The number of nitrogens with zero attached hydrogens (tertiary/aromatic N) is 2. The number of pyridine rings is 1. The molecule has 2 aromatic rings. The van der Waals surface area contributed by atoms with Crippen LogP contribution in [0.25, 0.3) is 0 Å². The van der Waals surface area contributed by atoms with Crippen molar-refractivity contribution in [1.82, 2.24) is 10.4 Å². The van der Waals surface area contributed by atoms with Crippen molar-refractivity contribution in [2.45, 2.75) is 13.3 Å². The zero-order chi connectivity index (χ0) is 14.4. The second-order valence-electron chi connectivity index (χ2n) is 4.16. The number of amides is 1. The van der Waals surface area contributed by atoms with Crippen LogP contribution < -0.4 is 5.43 Å². The minimum Gasteiger partial charge on any atom is -0.266 e. The molecule has 0 aliphatic rings. The van der Waals surface area contributed by atoms with Gasteiger partial charge in [-0.15, -0.1) is 0 Å². The van der Waals surface area contributed by atoms with Crippen LogP contribution >= 0.6 is 11.6 Å². The summed E-state index contributed by atoms with van der Waals surface area (Å²) in [5.41, 5.74) is 4.67. The molecule has 0 saturated heterocycles. The Hall–Kier alpha value is -2.20. The number of nitrogens with one attached hydrogen (secondary N) is 1.